The van der Waals surface area contributed by atoms with Gasteiger partial charge < -0.3 is 9.47 Å². The van der Waals surface area contributed by atoms with Crippen molar-refractivity contribution in [2.75, 3.05) is 6.61 Å². The summed E-state index contributed by atoms with van der Waals surface area (Å²) in [5.41, 5.74) is 0.400. The summed E-state index contributed by atoms with van der Waals surface area (Å²) in [6, 6.07) is 6.76. The van der Waals surface area contributed by atoms with Gasteiger partial charge in [-0.2, -0.15) is 0 Å². The van der Waals surface area contributed by atoms with Crippen LogP contribution in [0.25, 0.3) is 0 Å². The van der Waals surface area contributed by atoms with Crippen LogP contribution in [0, 0.1) is 5.41 Å². The van der Waals surface area contributed by atoms with Gasteiger partial charge in [0, 0.05) is 0 Å². The maximum Gasteiger partial charge on any atom is 0.339 e. The zero-order valence-electron chi connectivity index (χ0n) is 20.5. The third-order valence-electron chi connectivity index (χ3n) is 5.68. The molecular weight excluding hydrogens is 388 g/mol. The molecule has 4 heteroatoms. The maximum absolute atomic E-state index is 12.7. The zero-order chi connectivity index (χ0) is 23.1. The molecule has 0 saturated heterocycles. The number of hydrogen-bond donors (Lipinski definition) is 0. The van der Waals surface area contributed by atoms with Crippen molar-refractivity contribution in [2.45, 2.75) is 111 Å². The van der Waals surface area contributed by atoms with Crippen molar-refractivity contribution in [3.8, 4) is 0 Å². The third-order valence-corrected chi connectivity index (χ3v) is 5.68. The lowest BCUT2D eigenvalue weighted by Gasteiger charge is -2.29. The smallest absolute Gasteiger partial charge is 0.339 e. The highest BCUT2D eigenvalue weighted by molar-refractivity contribution is 6.03. The van der Waals surface area contributed by atoms with Crippen LogP contribution < -0.4 is 0 Å². The number of carbonyl (C=O) groups is 2. The van der Waals surface area contributed by atoms with E-state index < -0.39 is 11.9 Å². The number of hydrogen-bond acceptors (Lipinski definition) is 4. The van der Waals surface area contributed by atoms with Crippen LogP contribution >= 0.6 is 0 Å². The summed E-state index contributed by atoms with van der Waals surface area (Å²) < 4.78 is 11.1. The number of benzene rings is 1. The van der Waals surface area contributed by atoms with Crippen molar-refractivity contribution >= 4 is 11.9 Å². The molecule has 0 N–H and O–H groups in total. The lowest BCUT2D eigenvalue weighted by atomic mass is 9.87. The lowest BCUT2D eigenvalue weighted by molar-refractivity contribution is -0.00437. The van der Waals surface area contributed by atoms with Crippen LogP contribution in [0.2, 0.25) is 0 Å². The van der Waals surface area contributed by atoms with Gasteiger partial charge in [-0.25, -0.2) is 9.59 Å². The molecule has 0 aliphatic heterocycles. The molecule has 0 saturated carbocycles. The second kappa shape index (κ2) is 15.0. The minimum atomic E-state index is -0.465. The molecule has 0 radical (unpaired) electrons. The van der Waals surface area contributed by atoms with Gasteiger partial charge in [-0.15, -0.1) is 0 Å². The summed E-state index contributed by atoms with van der Waals surface area (Å²) in [7, 11) is 0. The first kappa shape index (κ1) is 27.2. The Balaban J connectivity index is 2.40. The molecule has 1 atom stereocenters. The quantitative estimate of drug-likeness (QED) is 0.210. The minimum absolute atomic E-state index is 0.157. The van der Waals surface area contributed by atoms with E-state index in [1.807, 2.05) is 27.7 Å². The molecule has 0 aliphatic carbocycles. The number of carbonyl (C=O) groups excluding carboxylic acids is 2. The fourth-order valence-electron chi connectivity index (χ4n) is 3.74. The molecule has 1 aromatic rings. The standard InChI is InChI=1S/C27H44O4/c1-6-8-9-10-11-12-13-14-15-18-21-30-25(28)22-19-16-17-20-23(22)26(29)31-24(7-2)27(3,4)5/h16-17,19-20,24H,6-15,18,21H2,1-5H3. The van der Waals surface area contributed by atoms with Crippen LogP contribution in [0.1, 0.15) is 126 Å². The van der Waals surface area contributed by atoms with Crippen LogP contribution in [0.4, 0.5) is 0 Å². The Morgan fingerprint density at radius 1 is 0.774 bits per heavy atom. The van der Waals surface area contributed by atoms with Crippen LogP contribution in [0.3, 0.4) is 0 Å². The third kappa shape index (κ3) is 10.8. The molecular formula is C27H44O4. The highest BCUT2D eigenvalue weighted by atomic mass is 16.5. The first-order valence-corrected chi connectivity index (χ1v) is 12.3. The van der Waals surface area contributed by atoms with E-state index in [9.17, 15) is 9.59 Å². The van der Waals surface area contributed by atoms with Crippen molar-refractivity contribution < 1.29 is 19.1 Å². The molecule has 4 nitrogen and oxygen atoms in total. The van der Waals surface area contributed by atoms with Crippen LogP contribution in [-0.4, -0.2) is 24.6 Å². The van der Waals surface area contributed by atoms with E-state index in [-0.39, 0.29) is 22.6 Å². The minimum Gasteiger partial charge on any atom is -0.462 e. The van der Waals surface area contributed by atoms with Crippen molar-refractivity contribution in [1.82, 2.24) is 0 Å². The van der Waals surface area contributed by atoms with Gasteiger partial charge in [-0.3, -0.25) is 0 Å². The summed E-state index contributed by atoms with van der Waals surface area (Å²) in [6.45, 7) is 10.8. The normalized spacial score (nSPS) is 12.4. The van der Waals surface area contributed by atoms with Crippen molar-refractivity contribution in [1.29, 1.82) is 0 Å². The highest BCUT2D eigenvalue weighted by Gasteiger charge is 2.28. The van der Waals surface area contributed by atoms with Crippen molar-refractivity contribution in [2.24, 2.45) is 5.41 Å². The molecule has 0 aromatic heterocycles. The van der Waals surface area contributed by atoms with E-state index in [0.717, 1.165) is 19.3 Å². The van der Waals surface area contributed by atoms with Gasteiger partial charge in [0.1, 0.15) is 6.10 Å². The number of rotatable bonds is 15. The molecule has 0 aliphatic rings. The number of unbranched alkanes of at least 4 members (excludes halogenated alkanes) is 9. The molecule has 0 heterocycles. The molecule has 176 valence electrons. The molecule has 31 heavy (non-hydrogen) atoms. The second-order valence-electron chi connectivity index (χ2n) is 9.53. The van der Waals surface area contributed by atoms with Crippen molar-refractivity contribution in [3.05, 3.63) is 35.4 Å². The summed E-state index contributed by atoms with van der Waals surface area (Å²) in [5, 5.41) is 0. The average Bonchev–Trinajstić information content (AvgIpc) is 2.74. The van der Waals surface area contributed by atoms with Gasteiger partial charge in [0.15, 0.2) is 0 Å². The molecule has 0 spiro atoms. The van der Waals surface area contributed by atoms with Crippen LogP contribution in [0.5, 0.6) is 0 Å². The Kier molecular flexibility index (Phi) is 13.2. The van der Waals surface area contributed by atoms with Gasteiger partial charge in [-0.1, -0.05) is 105 Å². The predicted octanol–water partition coefficient (Wildman–Crippen LogP) is 7.75. The first-order valence-electron chi connectivity index (χ1n) is 12.3. The van der Waals surface area contributed by atoms with E-state index in [4.69, 9.17) is 9.47 Å². The molecule has 1 unspecified atom stereocenters. The molecule has 1 aromatic carbocycles. The van der Waals surface area contributed by atoms with Gasteiger partial charge in [-0.05, 0) is 30.4 Å². The van der Waals surface area contributed by atoms with Crippen LogP contribution in [0.15, 0.2) is 24.3 Å². The highest BCUT2D eigenvalue weighted by Crippen LogP contribution is 2.26. The second-order valence-corrected chi connectivity index (χ2v) is 9.53. The Morgan fingerprint density at radius 3 is 1.74 bits per heavy atom. The van der Waals surface area contributed by atoms with Gasteiger partial charge in [0.25, 0.3) is 0 Å². The largest absolute Gasteiger partial charge is 0.462 e. The maximum atomic E-state index is 12.7. The summed E-state index contributed by atoms with van der Waals surface area (Å²) in [6.07, 6.45) is 12.8. The molecule has 0 bridgehead atoms. The fraction of sp³-hybridized carbons (Fsp3) is 0.704. The van der Waals surface area contributed by atoms with E-state index in [1.165, 1.54) is 51.4 Å². The molecule has 1 rings (SSSR count). The topological polar surface area (TPSA) is 52.6 Å². The van der Waals surface area contributed by atoms with E-state index in [1.54, 1.807) is 24.3 Å². The van der Waals surface area contributed by atoms with Gasteiger partial charge in [0.2, 0.25) is 0 Å². The lowest BCUT2D eigenvalue weighted by Crippen LogP contribution is -2.31. The van der Waals surface area contributed by atoms with Gasteiger partial charge in [0.05, 0.1) is 17.7 Å². The average molecular weight is 433 g/mol. The Hall–Kier alpha value is -1.84. The Labute approximate surface area is 190 Å². The van der Waals surface area contributed by atoms with Crippen LogP contribution in [-0.2, 0) is 9.47 Å². The molecule has 0 amide bonds. The van der Waals surface area contributed by atoms with Crippen molar-refractivity contribution in [3.63, 3.8) is 0 Å². The number of esters is 2. The number of ether oxygens (including phenoxy) is 2. The zero-order valence-corrected chi connectivity index (χ0v) is 20.5. The van der Waals surface area contributed by atoms with E-state index in [0.29, 0.717) is 6.61 Å². The Bertz CT molecular complexity index is 645. The summed E-state index contributed by atoms with van der Waals surface area (Å²) >= 11 is 0. The van der Waals surface area contributed by atoms with E-state index in [2.05, 4.69) is 6.92 Å². The summed E-state index contributed by atoms with van der Waals surface area (Å²) in [5.74, 6) is -0.916. The summed E-state index contributed by atoms with van der Waals surface area (Å²) in [4.78, 5) is 25.3. The first-order chi connectivity index (χ1) is 14.8. The fourth-order valence-corrected chi connectivity index (χ4v) is 3.74. The SMILES string of the molecule is CCCCCCCCCCCCOC(=O)c1ccccc1C(=O)OC(CC)C(C)(C)C. The molecule has 0 fully saturated rings. The monoisotopic (exact) mass is 432 g/mol. The predicted molar refractivity (Wildman–Crippen MR) is 128 cm³/mol. The van der Waals surface area contributed by atoms with Gasteiger partial charge >= 0.3 is 11.9 Å². The Morgan fingerprint density at radius 2 is 1.26 bits per heavy atom. The van der Waals surface area contributed by atoms with E-state index >= 15 is 0 Å².